The first kappa shape index (κ1) is 11.8. The highest BCUT2D eigenvalue weighted by molar-refractivity contribution is 5.88. The van der Waals surface area contributed by atoms with Gasteiger partial charge in [-0.2, -0.15) is 0 Å². The quantitative estimate of drug-likeness (QED) is 0.693. The molecule has 1 rings (SSSR count). The molecule has 0 spiro atoms. The number of rotatable bonds is 2. The zero-order valence-corrected chi connectivity index (χ0v) is 9.54. The largest absolute Gasteiger partial charge is 0.353 e. The maximum absolute atomic E-state index is 11.8. The van der Waals surface area contributed by atoms with Crippen LogP contribution in [0.5, 0.6) is 0 Å². The predicted octanol–water partition coefficient (Wildman–Crippen LogP) is 0.315. The van der Waals surface area contributed by atoms with Crippen LogP contribution in [0.25, 0.3) is 0 Å². The van der Waals surface area contributed by atoms with E-state index in [1.807, 2.05) is 20.8 Å². The van der Waals surface area contributed by atoms with Gasteiger partial charge in [0.15, 0.2) is 0 Å². The van der Waals surface area contributed by atoms with Gasteiger partial charge >= 0.3 is 6.03 Å². The van der Waals surface area contributed by atoms with Crippen LogP contribution in [0.15, 0.2) is 0 Å². The van der Waals surface area contributed by atoms with Crippen LogP contribution in [0, 0.1) is 0 Å². The average molecular weight is 213 g/mol. The van der Waals surface area contributed by atoms with Crippen molar-refractivity contribution in [3.8, 4) is 0 Å². The number of hydrogen-bond donors (Lipinski definition) is 2. The van der Waals surface area contributed by atoms with Crippen LogP contribution in [0.1, 0.15) is 27.2 Å². The first-order valence-electron chi connectivity index (χ1n) is 5.41. The van der Waals surface area contributed by atoms with E-state index in [0.29, 0.717) is 19.5 Å². The van der Waals surface area contributed by atoms with E-state index in [2.05, 4.69) is 10.6 Å². The van der Waals surface area contributed by atoms with Gasteiger partial charge in [0.25, 0.3) is 0 Å². The molecule has 1 saturated heterocycles. The molecule has 1 aliphatic heterocycles. The molecule has 86 valence electrons. The molecule has 0 aliphatic carbocycles. The van der Waals surface area contributed by atoms with Gasteiger partial charge in [0.2, 0.25) is 5.91 Å². The number of nitrogens with one attached hydrogen (secondary N) is 2. The second-order valence-corrected chi connectivity index (χ2v) is 4.01. The molecule has 1 aliphatic rings. The molecule has 0 aromatic rings. The zero-order chi connectivity index (χ0) is 11.4. The number of carbonyl (C=O) groups is 2. The SMILES string of the molecule is CCC1C(=O)NCCN1C(=O)NC(C)C. The van der Waals surface area contributed by atoms with Crippen molar-refractivity contribution in [2.75, 3.05) is 13.1 Å². The fourth-order valence-corrected chi connectivity index (χ4v) is 1.69. The van der Waals surface area contributed by atoms with Crippen LogP contribution < -0.4 is 10.6 Å². The number of carbonyl (C=O) groups excluding carboxylic acids is 2. The van der Waals surface area contributed by atoms with E-state index in [9.17, 15) is 9.59 Å². The van der Waals surface area contributed by atoms with Gasteiger partial charge in [0, 0.05) is 19.1 Å². The minimum atomic E-state index is -0.322. The van der Waals surface area contributed by atoms with Crippen LogP contribution in [0.2, 0.25) is 0 Å². The highest BCUT2D eigenvalue weighted by atomic mass is 16.2. The fourth-order valence-electron chi connectivity index (χ4n) is 1.69. The molecule has 1 atom stereocenters. The molecule has 0 radical (unpaired) electrons. The van der Waals surface area contributed by atoms with Gasteiger partial charge in [-0.05, 0) is 20.3 Å². The van der Waals surface area contributed by atoms with Crippen molar-refractivity contribution in [2.24, 2.45) is 0 Å². The van der Waals surface area contributed by atoms with Gasteiger partial charge in [0.05, 0.1) is 0 Å². The van der Waals surface area contributed by atoms with Crippen molar-refractivity contribution in [3.05, 3.63) is 0 Å². The first-order valence-corrected chi connectivity index (χ1v) is 5.41. The van der Waals surface area contributed by atoms with Crippen LogP contribution in [-0.4, -0.2) is 42.0 Å². The maximum atomic E-state index is 11.8. The molecule has 0 aromatic heterocycles. The Morgan fingerprint density at radius 3 is 2.87 bits per heavy atom. The van der Waals surface area contributed by atoms with Crippen molar-refractivity contribution >= 4 is 11.9 Å². The van der Waals surface area contributed by atoms with Crippen molar-refractivity contribution in [1.82, 2.24) is 15.5 Å². The lowest BCUT2D eigenvalue weighted by Gasteiger charge is -2.34. The summed E-state index contributed by atoms with van der Waals surface area (Å²) in [7, 11) is 0. The molecule has 0 aromatic carbocycles. The standard InChI is InChI=1S/C10H19N3O2/c1-4-8-9(14)11-5-6-13(8)10(15)12-7(2)3/h7-8H,4-6H2,1-3H3,(H,11,14)(H,12,15). The Hall–Kier alpha value is -1.26. The Labute approximate surface area is 90.2 Å². The lowest BCUT2D eigenvalue weighted by Crippen LogP contribution is -2.59. The Bertz CT molecular complexity index is 253. The van der Waals surface area contributed by atoms with Crippen molar-refractivity contribution in [2.45, 2.75) is 39.3 Å². The summed E-state index contributed by atoms with van der Waals surface area (Å²) >= 11 is 0. The van der Waals surface area contributed by atoms with Gasteiger partial charge in [-0.1, -0.05) is 6.92 Å². The summed E-state index contributed by atoms with van der Waals surface area (Å²) < 4.78 is 0. The molecule has 1 fully saturated rings. The molecule has 1 heterocycles. The van der Waals surface area contributed by atoms with Gasteiger partial charge in [-0.3, -0.25) is 4.79 Å². The van der Waals surface area contributed by atoms with E-state index >= 15 is 0 Å². The molecular weight excluding hydrogens is 194 g/mol. The fraction of sp³-hybridized carbons (Fsp3) is 0.800. The molecule has 5 nitrogen and oxygen atoms in total. The lowest BCUT2D eigenvalue weighted by molar-refractivity contribution is -0.127. The van der Waals surface area contributed by atoms with Gasteiger partial charge in [0.1, 0.15) is 6.04 Å². The minimum Gasteiger partial charge on any atom is -0.353 e. The summed E-state index contributed by atoms with van der Waals surface area (Å²) in [5.74, 6) is -0.0531. The van der Waals surface area contributed by atoms with Crippen molar-refractivity contribution < 1.29 is 9.59 Å². The average Bonchev–Trinajstić information content (AvgIpc) is 2.16. The molecule has 0 saturated carbocycles. The van der Waals surface area contributed by atoms with E-state index in [-0.39, 0.29) is 24.0 Å². The van der Waals surface area contributed by atoms with E-state index in [1.54, 1.807) is 4.90 Å². The molecule has 1 unspecified atom stereocenters. The number of urea groups is 1. The number of piperazine rings is 1. The lowest BCUT2D eigenvalue weighted by atomic mass is 10.1. The molecular formula is C10H19N3O2. The third-order valence-electron chi connectivity index (χ3n) is 2.39. The Morgan fingerprint density at radius 1 is 1.67 bits per heavy atom. The van der Waals surface area contributed by atoms with Crippen LogP contribution >= 0.6 is 0 Å². The van der Waals surface area contributed by atoms with Gasteiger partial charge < -0.3 is 15.5 Å². The Balaban J connectivity index is 2.65. The highest BCUT2D eigenvalue weighted by Gasteiger charge is 2.31. The molecule has 2 N–H and O–H groups in total. The van der Waals surface area contributed by atoms with Crippen molar-refractivity contribution in [3.63, 3.8) is 0 Å². The van der Waals surface area contributed by atoms with E-state index in [0.717, 1.165) is 0 Å². The summed E-state index contributed by atoms with van der Waals surface area (Å²) in [6.07, 6.45) is 0.650. The van der Waals surface area contributed by atoms with Crippen LogP contribution in [0.4, 0.5) is 4.79 Å². The minimum absolute atomic E-state index is 0.0531. The first-order chi connectivity index (χ1) is 7.06. The van der Waals surface area contributed by atoms with Crippen LogP contribution in [-0.2, 0) is 4.79 Å². The Morgan fingerprint density at radius 2 is 2.33 bits per heavy atom. The van der Waals surface area contributed by atoms with Crippen LogP contribution in [0.3, 0.4) is 0 Å². The summed E-state index contributed by atoms with van der Waals surface area (Å²) in [6.45, 7) is 6.85. The number of nitrogens with zero attached hydrogens (tertiary/aromatic N) is 1. The van der Waals surface area contributed by atoms with E-state index in [1.165, 1.54) is 0 Å². The topological polar surface area (TPSA) is 61.4 Å². The molecule has 5 heteroatoms. The van der Waals surface area contributed by atoms with E-state index in [4.69, 9.17) is 0 Å². The van der Waals surface area contributed by atoms with E-state index < -0.39 is 0 Å². The molecule has 0 bridgehead atoms. The maximum Gasteiger partial charge on any atom is 0.318 e. The molecule has 15 heavy (non-hydrogen) atoms. The predicted molar refractivity (Wildman–Crippen MR) is 57.5 cm³/mol. The second kappa shape index (κ2) is 5.00. The van der Waals surface area contributed by atoms with Gasteiger partial charge in [-0.15, -0.1) is 0 Å². The van der Waals surface area contributed by atoms with Crippen molar-refractivity contribution in [1.29, 1.82) is 0 Å². The summed E-state index contributed by atoms with van der Waals surface area (Å²) in [4.78, 5) is 24.9. The summed E-state index contributed by atoms with van der Waals surface area (Å²) in [6, 6.07) is -0.371. The monoisotopic (exact) mass is 213 g/mol. The number of amides is 3. The third-order valence-corrected chi connectivity index (χ3v) is 2.39. The summed E-state index contributed by atoms with van der Waals surface area (Å²) in [5.41, 5.74) is 0. The smallest absolute Gasteiger partial charge is 0.318 e. The third kappa shape index (κ3) is 2.84. The second-order valence-electron chi connectivity index (χ2n) is 4.01. The zero-order valence-electron chi connectivity index (χ0n) is 9.54. The number of hydrogen-bond acceptors (Lipinski definition) is 2. The molecule has 3 amide bonds. The summed E-state index contributed by atoms with van der Waals surface area (Å²) in [5, 5.41) is 5.56. The Kier molecular flexibility index (Phi) is 3.94. The highest BCUT2D eigenvalue weighted by Crippen LogP contribution is 2.08. The normalized spacial score (nSPS) is 21.5. The van der Waals surface area contributed by atoms with Gasteiger partial charge in [-0.25, -0.2) is 4.79 Å².